The molecule has 2 aromatic carbocycles. The molecule has 5 heteroatoms. The maximum Gasteiger partial charge on any atom is 2.00 e. The monoisotopic (exact) mass is 745 g/mol. The van der Waals surface area contributed by atoms with Gasteiger partial charge in [0.15, 0.2) is 0 Å². The summed E-state index contributed by atoms with van der Waals surface area (Å²) in [5, 5.41) is 0. The molecule has 4 heterocycles. The Kier molecular flexibility index (Phi) is 10.0. The maximum atomic E-state index is 4.63. The minimum atomic E-state index is 0. The number of aromatic nitrogens is 4. The van der Waals surface area contributed by atoms with Crippen molar-refractivity contribution in [2.45, 2.75) is 41.5 Å². The Hall–Kier alpha value is -4.01. The molecular formula is C38H38N4Pt. The van der Waals surface area contributed by atoms with Crippen molar-refractivity contribution in [3.05, 3.63) is 131 Å². The fraction of sp³-hybridized carbons (Fsp3) is 0.211. The van der Waals surface area contributed by atoms with Gasteiger partial charge >= 0.3 is 21.1 Å². The van der Waals surface area contributed by atoms with Crippen molar-refractivity contribution in [1.82, 2.24) is 19.1 Å². The van der Waals surface area contributed by atoms with Crippen LogP contribution in [-0.2, 0) is 35.2 Å². The normalized spacial score (nSPS) is 10.6. The fourth-order valence-corrected chi connectivity index (χ4v) is 5.48. The summed E-state index contributed by atoms with van der Waals surface area (Å²) in [4.78, 5) is 9.26. The third-order valence-electron chi connectivity index (χ3n) is 8.12. The number of hydrogen-bond acceptors (Lipinski definition) is 2. The Morgan fingerprint density at radius 3 is 1.12 bits per heavy atom. The van der Waals surface area contributed by atoms with E-state index < -0.39 is 0 Å². The molecule has 0 radical (unpaired) electrons. The van der Waals surface area contributed by atoms with Crippen LogP contribution in [0.5, 0.6) is 0 Å². The van der Waals surface area contributed by atoms with E-state index in [9.17, 15) is 0 Å². The van der Waals surface area contributed by atoms with Gasteiger partial charge in [-0.1, -0.05) is 97.3 Å². The number of nitrogens with zero attached hydrogens (tertiary/aromatic N) is 4. The van der Waals surface area contributed by atoms with Crippen molar-refractivity contribution in [1.29, 1.82) is 0 Å². The van der Waals surface area contributed by atoms with E-state index in [1.54, 1.807) is 0 Å². The zero-order chi connectivity index (χ0) is 30.0. The standard InChI is InChI=1S/2C19H19N2.Pt/c2*1-13-6-5-7-14(2)19(13)16-9-10-17(20-12-16)18-11-8-15(3)21(18)4;/h2*5-10,12H,1-4H3;/q2*-1;+2. The van der Waals surface area contributed by atoms with Gasteiger partial charge < -0.3 is 19.1 Å². The second-order valence-electron chi connectivity index (χ2n) is 11.1. The Morgan fingerprint density at radius 2 is 0.860 bits per heavy atom. The summed E-state index contributed by atoms with van der Waals surface area (Å²) in [5.41, 5.74) is 16.4. The molecular weight excluding hydrogens is 708 g/mol. The third kappa shape index (κ3) is 6.65. The molecule has 43 heavy (non-hydrogen) atoms. The van der Waals surface area contributed by atoms with Crippen molar-refractivity contribution >= 4 is 0 Å². The van der Waals surface area contributed by atoms with Gasteiger partial charge in [-0.05, 0) is 97.7 Å². The van der Waals surface area contributed by atoms with Crippen LogP contribution in [0, 0.1) is 53.7 Å². The number of benzene rings is 2. The zero-order valence-electron chi connectivity index (χ0n) is 26.2. The average molecular weight is 746 g/mol. The van der Waals surface area contributed by atoms with E-state index in [0.29, 0.717) is 0 Å². The van der Waals surface area contributed by atoms with Gasteiger partial charge in [-0.15, -0.1) is 0 Å². The minimum absolute atomic E-state index is 0. The van der Waals surface area contributed by atoms with Crippen LogP contribution in [0.15, 0.2) is 85.2 Å². The van der Waals surface area contributed by atoms with Crippen LogP contribution in [0.2, 0.25) is 0 Å². The SMILES string of the molecule is Cc1cccc(C)c1-c1ccc(-c2[c-]cc(C)n2C)nc1.Cc1cccc(C)c1-c1ccc(-c2[c-]cc(C)n2C)nc1.[Pt+2]. The van der Waals surface area contributed by atoms with Crippen molar-refractivity contribution in [2.24, 2.45) is 14.1 Å². The van der Waals surface area contributed by atoms with Gasteiger partial charge in [0.05, 0.1) is 0 Å². The molecule has 0 N–H and O–H groups in total. The van der Waals surface area contributed by atoms with Crippen molar-refractivity contribution in [3.8, 4) is 45.0 Å². The number of aryl methyl sites for hydroxylation is 6. The van der Waals surface area contributed by atoms with Crippen LogP contribution in [0.3, 0.4) is 0 Å². The second kappa shape index (κ2) is 13.5. The van der Waals surface area contributed by atoms with Crippen molar-refractivity contribution in [2.75, 3.05) is 0 Å². The van der Waals surface area contributed by atoms with Gasteiger partial charge in [0.25, 0.3) is 0 Å². The van der Waals surface area contributed by atoms with Gasteiger partial charge in [0, 0.05) is 12.4 Å². The van der Waals surface area contributed by atoms with E-state index in [4.69, 9.17) is 0 Å². The molecule has 6 aromatic rings. The summed E-state index contributed by atoms with van der Waals surface area (Å²) in [6.07, 6.45) is 3.92. The Balaban J connectivity index is 0.000000192. The molecule has 0 unspecified atom stereocenters. The average Bonchev–Trinajstić information content (AvgIpc) is 3.49. The summed E-state index contributed by atoms with van der Waals surface area (Å²) >= 11 is 0. The first-order valence-electron chi connectivity index (χ1n) is 14.3. The number of hydrogen-bond donors (Lipinski definition) is 0. The summed E-state index contributed by atoms with van der Waals surface area (Å²) in [5.74, 6) is 0. The number of pyridine rings is 2. The van der Waals surface area contributed by atoms with E-state index in [1.165, 1.54) is 55.9 Å². The Bertz CT molecular complexity index is 1660. The molecule has 4 aromatic heterocycles. The van der Waals surface area contributed by atoms with Gasteiger partial charge in [0.1, 0.15) is 0 Å². The van der Waals surface area contributed by atoms with E-state index in [-0.39, 0.29) is 21.1 Å². The quantitative estimate of drug-likeness (QED) is 0.169. The van der Waals surface area contributed by atoms with Crippen molar-refractivity contribution < 1.29 is 21.1 Å². The van der Waals surface area contributed by atoms with Gasteiger partial charge in [-0.3, -0.25) is 0 Å². The molecule has 0 aliphatic heterocycles. The number of rotatable bonds is 4. The predicted octanol–water partition coefficient (Wildman–Crippen LogP) is 8.96. The van der Waals surface area contributed by atoms with Crippen LogP contribution in [0.4, 0.5) is 0 Å². The van der Waals surface area contributed by atoms with Gasteiger partial charge in [-0.2, -0.15) is 24.3 Å². The summed E-state index contributed by atoms with van der Waals surface area (Å²) < 4.78 is 4.22. The first kappa shape index (κ1) is 31.9. The molecule has 0 fully saturated rings. The largest absolute Gasteiger partial charge is 2.00 e. The van der Waals surface area contributed by atoms with E-state index in [1.807, 2.05) is 38.6 Å². The molecule has 0 aliphatic rings. The van der Waals surface area contributed by atoms with Crippen LogP contribution in [-0.4, -0.2) is 19.1 Å². The second-order valence-corrected chi connectivity index (χ2v) is 11.1. The smallest absolute Gasteiger partial charge is 0.419 e. The molecule has 0 spiro atoms. The first-order valence-corrected chi connectivity index (χ1v) is 14.3. The van der Waals surface area contributed by atoms with Crippen LogP contribution < -0.4 is 0 Å². The van der Waals surface area contributed by atoms with Crippen LogP contribution >= 0.6 is 0 Å². The zero-order valence-corrected chi connectivity index (χ0v) is 28.5. The van der Waals surface area contributed by atoms with Gasteiger partial charge in [-0.25, -0.2) is 0 Å². The maximum absolute atomic E-state index is 4.63. The molecule has 0 atom stereocenters. The van der Waals surface area contributed by atoms with Crippen molar-refractivity contribution in [3.63, 3.8) is 0 Å². The Labute approximate surface area is 270 Å². The van der Waals surface area contributed by atoms with Crippen LogP contribution in [0.1, 0.15) is 33.6 Å². The molecule has 0 amide bonds. The first-order chi connectivity index (χ1) is 20.2. The molecule has 0 bridgehead atoms. The fourth-order valence-electron chi connectivity index (χ4n) is 5.48. The van der Waals surface area contributed by atoms with E-state index in [0.717, 1.165) is 22.8 Å². The topological polar surface area (TPSA) is 35.6 Å². The summed E-state index contributed by atoms with van der Waals surface area (Å²) in [6.45, 7) is 12.7. The predicted molar refractivity (Wildman–Crippen MR) is 174 cm³/mol. The molecule has 4 nitrogen and oxygen atoms in total. The van der Waals surface area contributed by atoms with E-state index in [2.05, 4.69) is 133 Å². The van der Waals surface area contributed by atoms with E-state index >= 15 is 0 Å². The minimum Gasteiger partial charge on any atom is -0.419 e. The summed E-state index contributed by atoms with van der Waals surface area (Å²) in [6, 6.07) is 31.7. The molecule has 0 saturated carbocycles. The molecule has 6 rings (SSSR count). The summed E-state index contributed by atoms with van der Waals surface area (Å²) in [7, 11) is 4.09. The molecule has 0 aliphatic carbocycles. The third-order valence-corrected chi connectivity index (χ3v) is 8.12. The Morgan fingerprint density at radius 1 is 0.512 bits per heavy atom. The molecule has 220 valence electrons. The van der Waals surface area contributed by atoms with Gasteiger partial charge in [0.2, 0.25) is 0 Å². The van der Waals surface area contributed by atoms with Crippen LogP contribution in [0.25, 0.3) is 45.0 Å². The molecule has 0 saturated heterocycles.